The van der Waals surface area contributed by atoms with Crippen LogP contribution in [0, 0.1) is 6.92 Å². The van der Waals surface area contributed by atoms with Crippen molar-refractivity contribution in [1.29, 1.82) is 0 Å². The smallest absolute Gasteiger partial charge is 0.271 e. The van der Waals surface area contributed by atoms with E-state index in [1.807, 2.05) is 19.9 Å². The monoisotopic (exact) mass is 344 g/mol. The van der Waals surface area contributed by atoms with Crippen molar-refractivity contribution in [2.45, 2.75) is 24.6 Å². The Morgan fingerprint density at radius 2 is 2.00 bits per heavy atom. The summed E-state index contributed by atoms with van der Waals surface area (Å²) in [5, 5.41) is 3.67. The molecule has 114 valence electrons. The first-order valence-electron chi connectivity index (χ1n) is 6.51. The maximum Gasteiger partial charge on any atom is 0.271 e. The van der Waals surface area contributed by atoms with Gasteiger partial charge in [0.05, 0.1) is 5.69 Å². The van der Waals surface area contributed by atoms with E-state index >= 15 is 0 Å². The minimum Gasteiger partial charge on any atom is -0.312 e. The fraction of sp³-hybridized carbons (Fsp3) is 0.286. The van der Waals surface area contributed by atoms with Gasteiger partial charge in [0, 0.05) is 16.4 Å². The maximum atomic E-state index is 12.4. The zero-order valence-corrected chi connectivity index (χ0v) is 14.2. The Balaban J connectivity index is 2.22. The van der Waals surface area contributed by atoms with Crippen molar-refractivity contribution in [2.24, 2.45) is 0 Å². The second kappa shape index (κ2) is 6.79. The molecule has 0 saturated carbocycles. The lowest BCUT2D eigenvalue weighted by atomic mass is 10.2. The third kappa shape index (κ3) is 4.20. The number of benzene rings is 1. The number of nitrogens with one attached hydrogen (secondary N) is 2. The molecule has 0 aliphatic heterocycles. The molecule has 21 heavy (non-hydrogen) atoms. The van der Waals surface area contributed by atoms with Crippen LogP contribution in [0.1, 0.15) is 17.4 Å². The largest absolute Gasteiger partial charge is 0.312 e. The first kappa shape index (κ1) is 16.3. The van der Waals surface area contributed by atoms with Crippen molar-refractivity contribution in [3.8, 4) is 0 Å². The van der Waals surface area contributed by atoms with Gasteiger partial charge in [0.15, 0.2) is 0 Å². The van der Waals surface area contributed by atoms with E-state index in [4.69, 9.17) is 11.6 Å². The van der Waals surface area contributed by atoms with Crippen LogP contribution in [0.3, 0.4) is 0 Å². The molecule has 0 saturated heterocycles. The first-order chi connectivity index (χ1) is 9.92. The quantitative estimate of drug-likeness (QED) is 0.841. The van der Waals surface area contributed by atoms with Crippen LogP contribution in [0.15, 0.2) is 34.5 Å². The molecule has 0 spiro atoms. The lowest BCUT2D eigenvalue weighted by Gasteiger charge is -2.09. The molecular formula is C14H17ClN2O2S2. The number of halogens is 1. The van der Waals surface area contributed by atoms with Gasteiger partial charge in [-0.15, -0.1) is 11.3 Å². The average molecular weight is 345 g/mol. The highest BCUT2D eigenvalue weighted by atomic mass is 35.5. The van der Waals surface area contributed by atoms with Gasteiger partial charge in [0.2, 0.25) is 0 Å². The van der Waals surface area contributed by atoms with Crippen LogP contribution in [-0.4, -0.2) is 15.0 Å². The van der Waals surface area contributed by atoms with E-state index in [1.165, 1.54) is 11.3 Å². The van der Waals surface area contributed by atoms with Gasteiger partial charge in [-0.05, 0) is 43.3 Å². The summed E-state index contributed by atoms with van der Waals surface area (Å²) in [4.78, 5) is 0.986. The molecule has 1 aromatic carbocycles. The van der Waals surface area contributed by atoms with E-state index < -0.39 is 10.0 Å². The predicted octanol–water partition coefficient (Wildman–Crippen LogP) is 3.62. The van der Waals surface area contributed by atoms with Crippen molar-refractivity contribution in [3.63, 3.8) is 0 Å². The summed E-state index contributed by atoms with van der Waals surface area (Å²) >= 11 is 7.18. The molecule has 4 nitrogen and oxygen atoms in total. The first-order valence-corrected chi connectivity index (χ1v) is 9.18. The third-order valence-electron chi connectivity index (χ3n) is 2.90. The molecule has 0 aliphatic carbocycles. The van der Waals surface area contributed by atoms with Crippen molar-refractivity contribution in [3.05, 3.63) is 45.8 Å². The van der Waals surface area contributed by atoms with E-state index in [0.29, 0.717) is 21.5 Å². The van der Waals surface area contributed by atoms with Gasteiger partial charge in [-0.2, -0.15) is 0 Å². The Kier molecular flexibility index (Phi) is 5.27. The summed E-state index contributed by atoms with van der Waals surface area (Å²) < 4.78 is 27.7. The molecule has 2 N–H and O–H groups in total. The van der Waals surface area contributed by atoms with Gasteiger partial charge in [-0.3, -0.25) is 4.72 Å². The summed E-state index contributed by atoms with van der Waals surface area (Å²) in [7, 11) is -3.57. The number of thiophene rings is 1. The van der Waals surface area contributed by atoms with E-state index in [-0.39, 0.29) is 0 Å². The molecule has 7 heteroatoms. The number of hydrogen-bond acceptors (Lipinski definition) is 4. The highest BCUT2D eigenvalue weighted by Gasteiger charge is 2.18. The van der Waals surface area contributed by atoms with Crippen LogP contribution in [-0.2, 0) is 16.6 Å². The number of rotatable bonds is 6. The van der Waals surface area contributed by atoms with Crippen molar-refractivity contribution in [1.82, 2.24) is 5.32 Å². The van der Waals surface area contributed by atoms with Crippen molar-refractivity contribution in [2.75, 3.05) is 11.3 Å². The Morgan fingerprint density at radius 1 is 1.24 bits per heavy atom. The number of aryl methyl sites for hydroxylation is 1. The summed E-state index contributed by atoms with van der Waals surface area (Å²) in [6.45, 7) is 5.36. The van der Waals surface area contributed by atoms with Crippen LogP contribution in [0.2, 0.25) is 5.02 Å². The minimum absolute atomic E-state index is 0.301. The standard InChI is InChI=1S/C14H17ClN2O2S2/c1-3-16-9-12-6-7-14(20-12)21(18,19)17-13-8-11(15)5-4-10(13)2/h4-8,16-17H,3,9H2,1-2H3. The fourth-order valence-electron chi connectivity index (χ4n) is 1.75. The Bertz CT molecular complexity index is 726. The molecule has 0 unspecified atom stereocenters. The van der Waals surface area contributed by atoms with Crippen LogP contribution < -0.4 is 10.0 Å². The lowest BCUT2D eigenvalue weighted by Crippen LogP contribution is -2.12. The Labute approximate surface area is 134 Å². The molecule has 1 heterocycles. The van der Waals surface area contributed by atoms with Crippen molar-refractivity contribution >= 4 is 38.6 Å². The molecule has 0 radical (unpaired) electrons. The zero-order valence-electron chi connectivity index (χ0n) is 11.8. The summed E-state index contributed by atoms with van der Waals surface area (Å²) in [6, 6.07) is 8.58. The molecule has 0 atom stereocenters. The fourth-order valence-corrected chi connectivity index (χ4v) is 4.36. The van der Waals surface area contributed by atoms with E-state index in [2.05, 4.69) is 10.0 Å². The predicted molar refractivity (Wildman–Crippen MR) is 88.7 cm³/mol. The number of sulfonamides is 1. The lowest BCUT2D eigenvalue weighted by molar-refractivity contribution is 0.603. The van der Waals surface area contributed by atoms with E-state index in [0.717, 1.165) is 17.0 Å². The highest BCUT2D eigenvalue weighted by molar-refractivity contribution is 7.94. The van der Waals surface area contributed by atoms with Crippen LogP contribution in [0.4, 0.5) is 5.69 Å². The van der Waals surface area contributed by atoms with E-state index in [9.17, 15) is 8.42 Å². The molecule has 0 amide bonds. The van der Waals surface area contributed by atoms with Crippen molar-refractivity contribution < 1.29 is 8.42 Å². The normalized spacial score (nSPS) is 11.6. The molecule has 1 aromatic heterocycles. The van der Waals surface area contributed by atoms with Gasteiger partial charge in [-0.1, -0.05) is 24.6 Å². The molecule has 0 bridgehead atoms. The molecule has 2 aromatic rings. The Hall–Kier alpha value is -1.08. The second-order valence-corrected chi connectivity index (χ2v) is 8.08. The second-order valence-electron chi connectivity index (χ2n) is 4.57. The topological polar surface area (TPSA) is 58.2 Å². The molecular weight excluding hydrogens is 328 g/mol. The minimum atomic E-state index is -3.57. The summed E-state index contributed by atoms with van der Waals surface area (Å²) in [6.07, 6.45) is 0. The summed E-state index contributed by atoms with van der Waals surface area (Å²) in [5.74, 6) is 0. The van der Waals surface area contributed by atoms with Gasteiger partial charge in [0.1, 0.15) is 4.21 Å². The highest BCUT2D eigenvalue weighted by Crippen LogP contribution is 2.27. The molecule has 0 aliphatic rings. The average Bonchev–Trinajstić information content (AvgIpc) is 2.90. The van der Waals surface area contributed by atoms with Crippen LogP contribution >= 0.6 is 22.9 Å². The van der Waals surface area contributed by atoms with Gasteiger partial charge < -0.3 is 5.32 Å². The zero-order chi connectivity index (χ0) is 15.5. The molecule has 2 rings (SSSR count). The number of hydrogen-bond donors (Lipinski definition) is 2. The third-order valence-corrected chi connectivity index (χ3v) is 6.07. The van der Waals surface area contributed by atoms with Crippen LogP contribution in [0.5, 0.6) is 0 Å². The number of anilines is 1. The van der Waals surface area contributed by atoms with Crippen LogP contribution in [0.25, 0.3) is 0 Å². The molecule has 0 fully saturated rings. The van der Waals surface area contributed by atoms with Gasteiger partial charge in [-0.25, -0.2) is 8.42 Å². The van der Waals surface area contributed by atoms with E-state index in [1.54, 1.807) is 24.3 Å². The van der Waals surface area contributed by atoms with Gasteiger partial charge >= 0.3 is 0 Å². The SMILES string of the molecule is CCNCc1ccc(S(=O)(=O)Nc2cc(Cl)ccc2C)s1. The maximum absolute atomic E-state index is 12.4. The summed E-state index contributed by atoms with van der Waals surface area (Å²) in [5.41, 5.74) is 1.33. The Morgan fingerprint density at radius 3 is 2.71 bits per heavy atom. The van der Waals surface area contributed by atoms with Gasteiger partial charge in [0.25, 0.3) is 10.0 Å².